The Hall–Kier alpha value is -2.58. The van der Waals surface area contributed by atoms with Crippen LogP contribution in [0.15, 0.2) is 47.6 Å². The normalized spacial score (nSPS) is 10.6. The number of ether oxygens (including phenoxy) is 1. The average molecular weight is 390 g/mol. The number of hydrogen-bond acceptors (Lipinski definition) is 6. The molecule has 0 bridgehead atoms. The zero-order valence-electron chi connectivity index (χ0n) is 14.1. The zero-order chi connectivity index (χ0) is 18.5. The molecule has 134 valence electrons. The number of nitrogens with one attached hydrogen (secondary N) is 1. The Balaban J connectivity index is 1.81. The number of hydrogen-bond donors (Lipinski definition) is 1. The SMILES string of the molecule is COc1ccc(Cl)cc1CSc1nnnn1-c1cccc(NC(C)=O)c1. The van der Waals surface area contributed by atoms with Gasteiger partial charge in [-0.1, -0.05) is 29.4 Å². The number of rotatable bonds is 6. The maximum Gasteiger partial charge on any atom is 0.221 e. The van der Waals surface area contributed by atoms with Crippen LogP contribution in [-0.2, 0) is 10.5 Å². The van der Waals surface area contributed by atoms with E-state index >= 15 is 0 Å². The minimum atomic E-state index is -0.137. The first kappa shape index (κ1) is 18.2. The van der Waals surface area contributed by atoms with Crippen LogP contribution in [0.5, 0.6) is 5.75 Å². The molecule has 0 aliphatic heterocycles. The van der Waals surface area contributed by atoms with Crippen molar-refractivity contribution >= 4 is 35.0 Å². The van der Waals surface area contributed by atoms with Gasteiger partial charge in [-0.25, -0.2) is 0 Å². The van der Waals surface area contributed by atoms with Gasteiger partial charge >= 0.3 is 0 Å². The molecule has 0 fully saturated rings. The Kier molecular flexibility index (Phi) is 5.75. The molecule has 1 aromatic heterocycles. The third-order valence-electron chi connectivity index (χ3n) is 3.45. The van der Waals surface area contributed by atoms with Crippen molar-refractivity contribution in [1.82, 2.24) is 20.2 Å². The fourth-order valence-corrected chi connectivity index (χ4v) is 3.42. The van der Waals surface area contributed by atoms with Crippen LogP contribution in [-0.4, -0.2) is 33.2 Å². The number of amides is 1. The number of aromatic nitrogens is 4. The number of anilines is 1. The molecule has 0 aliphatic carbocycles. The molecule has 0 radical (unpaired) electrons. The number of carbonyl (C=O) groups excluding carboxylic acids is 1. The van der Waals surface area contributed by atoms with Gasteiger partial charge in [0.15, 0.2) is 0 Å². The van der Waals surface area contributed by atoms with Gasteiger partial charge in [-0.3, -0.25) is 4.79 Å². The number of halogens is 1. The highest BCUT2D eigenvalue weighted by molar-refractivity contribution is 7.98. The first-order valence-electron chi connectivity index (χ1n) is 7.68. The molecule has 2 aromatic carbocycles. The van der Waals surface area contributed by atoms with E-state index in [0.717, 1.165) is 17.0 Å². The zero-order valence-corrected chi connectivity index (χ0v) is 15.7. The molecule has 7 nitrogen and oxygen atoms in total. The summed E-state index contributed by atoms with van der Waals surface area (Å²) in [5, 5.41) is 15.9. The Labute approximate surface area is 159 Å². The van der Waals surface area contributed by atoms with Gasteiger partial charge in [0.1, 0.15) is 5.75 Å². The van der Waals surface area contributed by atoms with Crippen LogP contribution < -0.4 is 10.1 Å². The van der Waals surface area contributed by atoms with Gasteiger partial charge in [-0.05, 0) is 46.8 Å². The first-order valence-corrected chi connectivity index (χ1v) is 9.05. The largest absolute Gasteiger partial charge is 0.496 e. The third-order valence-corrected chi connectivity index (χ3v) is 4.65. The van der Waals surface area contributed by atoms with Crippen LogP contribution in [0, 0.1) is 0 Å². The van der Waals surface area contributed by atoms with Crippen molar-refractivity contribution in [3.8, 4) is 11.4 Å². The fourth-order valence-electron chi connectivity index (χ4n) is 2.35. The van der Waals surface area contributed by atoms with Crippen molar-refractivity contribution in [3.05, 3.63) is 53.1 Å². The van der Waals surface area contributed by atoms with Crippen LogP contribution in [0.2, 0.25) is 5.02 Å². The van der Waals surface area contributed by atoms with Gasteiger partial charge in [-0.2, -0.15) is 4.68 Å². The molecule has 3 rings (SSSR count). The molecule has 1 heterocycles. The number of nitrogens with zero attached hydrogens (tertiary/aromatic N) is 4. The number of tetrazole rings is 1. The van der Waals surface area contributed by atoms with E-state index in [0.29, 0.717) is 21.6 Å². The molecule has 3 aromatic rings. The molecule has 26 heavy (non-hydrogen) atoms. The summed E-state index contributed by atoms with van der Waals surface area (Å²) in [7, 11) is 1.62. The van der Waals surface area contributed by atoms with Gasteiger partial charge in [0.25, 0.3) is 0 Å². The topological polar surface area (TPSA) is 81.9 Å². The lowest BCUT2D eigenvalue weighted by molar-refractivity contribution is -0.114. The van der Waals surface area contributed by atoms with E-state index in [9.17, 15) is 4.79 Å². The molecule has 1 N–H and O–H groups in total. The lowest BCUT2D eigenvalue weighted by atomic mass is 10.2. The Bertz CT molecular complexity index is 931. The number of thioether (sulfide) groups is 1. The van der Waals surface area contributed by atoms with Crippen molar-refractivity contribution < 1.29 is 9.53 Å². The quantitative estimate of drug-likeness (QED) is 0.649. The minimum Gasteiger partial charge on any atom is -0.496 e. The van der Waals surface area contributed by atoms with Gasteiger partial charge in [0.2, 0.25) is 11.1 Å². The van der Waals surface area contributed by atoms with Crippen molar-refractivity contribution in [3.63, 3.8) is 0 Å². The van der Waals surface area contributed by atoms with Crippen molar-refractivity contribution in [2.24, 2.45) is 0 Å². The maximum atomic E-state index is 11.2. The summed E-state index contributed by atoms with van der Waals surface area (Å²) < 4.78 is 6.99. The molecule has 0 saturated carbocycles. The Morgan fingerprint density at radius 1 is 1.31 bits per heavy atom. The summed E-state index contributed by atoms with van der Waals surface area (Å²) in [5.41, 5.74) is 2.38. The molecule has 0 unspecified atom stereocenters. The van der Waals surface area contributed by atoms with Crippen molar-refractivity contribution in [2.45, 2.75) is 17.8 Å². The monoisotopic (exact) mass is 389 g/mol. The summed E-state index contributed by atoms with van der Waals surface area (Å²) in [6.07, 6.45) is 0. The average Bonchev–Trinajstić information content (AvgIpc) is 3.08. The fraction of sp³-hybridized carbons (Fsp3) is 0.176. The van der Waals surface area contributed by atoms with E-state index in [2.05, 4.69) is 20.8 Å². The predicted molar refractivity (Wildman–Crippen MR) is 101 cm³/mol. The smallest absolute Gasteiger partial charge is 0.221 e. The highest BCUT2D eigenvalue weighted by Gasteiger charge is 2.12. The Morgan fingerprint density at radius 3 is 2.92 bits per heavy atom. The lowest BCUT2D eigenvalue weighted by Crippen LogP contribution is -2.07. The summed E-state index contributed by atoms with van der Waals surface area (Å²) >= 11 is 7.54. The second-order valence-corrected chi connectivity index (χ2v) is 6.73. The molecular formula is C17H16ClN5O2S. The van der Waals surface area contributed by atoms with Crippen LogP contribution in [0.25, 0.3) is 5.69 Å². The third kappa shape index (κ3) is 4.33. The van der Waals surface area contributed by atoms with Crippen LogP contribution >= 0.6 is 23.4 Å². The van der Waals surface area contributed by atoms with E-state index < -0.39 is 0 Å². The predicted octanol–water partition coefficient (Wildman–Crippen LogP) is 3.58. The van der Waals surface area contributed by atoms with Crippen LogP contribution in [0.1, 0.15) is 12.5 Å². The molecular weight excluding hydrogens is 374 g/mol. The van der Waals surface area contributed by atoms with E-state index in [4.69, 9.17) is 16.3 Å². The number of methoxy groups -OCH3 is 1. The lowest BCUT2D eigenvalue weighted by Gasteiger charge is -2.09. The Morgan fingerprint density at radius 2 is 2.15 bits per heavy atom. The minimum absolute atomic E-state index is 0.137. The van der Waals surface area contributed by atoms with E-state index in [1.165, 1.54) is 18.7 Å². The molecule has 9 heteroatoms. The maximum absolute atomic E-state index is 11.2. The van der Waals surface area contributed by atoms with Gasteiger partial charge < -0.3 is 10.1 Å². The van der Waals surface area contributed by atoms with Gasteiger partial charge in [-0.15, -0.1) is 5.10 Å². The van der Waals surface area contributed by atoms with E-state index in [1.54, 1.807) is 23.9 Å². The molecule has 0 spiro atoms. The number of carbonyl (C=O) groups is 1. The summed E-state index contributed by atoms with van der Waals surface area (Å²) in [4.78, 5) is 11.2. The van der Waals surface area contributed by atoms with Crippen LogP contribution in [0.3, 0.4) is 0 Å². The first-order chi connectivity index (χ1) is 12.6. The van der Waals surface area contributed by atoms with Gasteiger partial charge in [0.05, 0.1) is 12.8 Å². The second-order valence-electron chi connectivity index (χ2n) is 5.35. The van der Waals surface area contributed by atoms with Crippen molar-refractivity contribution in [2.75, 3.05) is 12.4 Å². The molecule has 0 aliphatic rings. The molecule has 0 atom stereocenters. The van der Waals surface area contributed by atoms with E-state index in [-0.39, 0.29) is 5.91 Å². The number of benzene rings is 2. The van der Waals surface area contributed by atoms with Gasteiger partial charge in [0, 0.05) is 29.0 Å². The van der Waals surface area contributed by atoms with E-state index in [1.807, 2.05) is 30.3 Å². The van der Waals surface area contributed by atoms with Crippen LogP contribution in [0.4, 0.5) is 5.69 Å². The molecule has 0 saturated heterocycles. The second kappa shape index (κ2) is 8.20. The molecule has 1 amide bonds. The standard InChI is InChI=1S/C17H16ClN5O2S/c1-11(24)19-14-4-3-5-15(9-14)23-17(20-21-22-23)26-10-12-8-13(18)6-7-16(12)25-2/h3-9H,10H2,1-2H3,(H,19,24). The summed E-state index contributed by atoms with van der Waals surface area (Å²) in [5.74, 6) is 1.21. The highest BCUT2D eigenvalue weighted by atomic mass is 35.5. The highest BCUT2D eigenvalue weighted by Crippen LogP contribution is 2.30. The van der Waals surface area contributed by atoms with Crippen molar-refractivity contribution in [1.29, 1.82) is 0 Å². The summed E-state index contributed by atoms with van der Waals surface area (Å²) in [6, 6.07) is 12.8. The summed E-state index contributed by atoms with van der Waals surface area (Å²) in [6.45, 7) is 1.46.